The van der Waals surface area contributed by atoms with Gasteiger partial charge in [0.25, 0.3) is 0 Å². The molecule has 7 heteroatoms. The molecule has 0 aromatic heterocycles. The number of halogens is 5. The second-order valence-corrected chi connectivity index (χ2v) is 5.21. The molecular weight excluding hydrogens is 334 g/mol. The van der Waals surface area contributed by atoms with Gasteiger partial charge < -0.3 is 4.90 Å². The van der Waals surface area contributed by atoms with E-state index in [4.69, 9.17) is 11.6 Å². The number of rotatable bonds is 0. The lowest BCUT2D eigenvalue weighted by molar-refractivity contribution is -0.186. The van der Waals surface area contributed by atoms with Gasteiger partial charge in [-0.1, -0.05) is 17.7 Å². The standard InChI is InChI=1S/C11H8BrClF3NO/c12-8-2-1-6-5-17(10(18)11(14,15)16)4-3-7(6)9(8)13/h1-2H,3-5H2. The van der Waals surface area contributed by atoms with Gasteiger partial charge in [-0.2, -0.15) is 13.2 Å². The Bertz CT molecular complexity index is 504. The number of fused-ring (bicyclic) bond motifs is 1. The molecule has 1 aromatic carbocycles. The molecule has 0 N–H and O–H groups in total. The van der Waals surface area contributed by atoms with Crippen LogP contribution in [0.1, 0.15) is 11.1 Å². The van der Waals surface area contributed by atoms with Crippen molar-refractivity contribution in [2.45, 2.75) is 19.1 Å². The molecule has 98 valence electrons. The third-order valence-corrected chi connectivity index (χ3v) is 4.14. The Kier molecular flexibility index (Phi) is 3.60. The van der Waals surface area contributed by atoms with Crippen molar-refractivity contribution in [1.29, 1.82) is 0 Å². The summed E-state index contributed by atoms with van der Waals surface area (Å²) in [5.41, 5.74) is 1.46. The molecule has 0 aliphatic carbocycles. The third-order valence-electron chi connectivity index (χ3n) is 2.82. The first-order chi connectivity index (χ1) is 8.30. The van der Waals surface area contributed by atoms with E-state index in [-0.39, 0.29) is 13.1 Å². The van der Waals surface area contributed by atoms with Crippen LogP contribution < -0.4 is 0 Å². The Morgan fingerprint density at radius 1 is 1.39 bits per heavy atom. The minimum Gasteiger partial charge on any atom is -0.330 e. The van der Waals surface area contributed by atoms with Crippen LogP contribution in [0.3, 0.4) is 0 Å². The van der Waals surface area contributed by atoms with Gasteiger partial charge >= 0.3 is 12.1 Å². The van der Waals surface area contributed by atoms with Crippen LogP contribution in [0.2, 0.25) is 5.02 Å². The van der Waals surface area contributed by atoms with Crippen molar-refractivity contribution in [2.75, 3.05) is 6.54 Å². The normalized spacial score (nSPS) is 15.5. The van der Waals surface area contributed by atoms with E-state index >= 15 is 0 Å². The lowest BCUT2D eigenvalue weighted by Crippen LogP contribution is -2.43. The van der Waals surface area contributed by atoms with Crippen molar-refractivity contribution in [2.24, 2.45) is 0 Å². The fourth-order valence-electron chi connectivity index (χ4n) is 1.94. The SMILES string of the molecule is O=C(N1CCc2c(ccc(Br)c2Cl)C1)C(F)(F)F. The fraction of sp³-hybridized carbons (Fsp3) is 0.364. The highest BCUT2D eigenvalue weighted by atomic mass is 79.9. The van der Waals surface area contributed by atoms with Crippen LogP contribution in [-0.4, -0.2) is 23.5 Å². The van der Waals surface area contributed by atoms with Crippen LogP contribution in [0.4, 0.5) is 13.2 Å². The van der Waals surface area contributed by atoms with E-state index in [0.717, 1.165) is 10.5 Å². The van der Waals surface area contributed by atoms with E-state index in [0.29, 0.717) is 21.5 Å². The molecule has 1 aliphatic rings. The van der Waals surface area contributed by atoms with Gasteiger partial charge in [-0.25, -0.2) is 0 Å². The zero-order chi connectivity index (χ0) is 13.5. The lowest BCUT2D eigenvalue weighted by atomic mass is 9.99. The lowest BCUT2D eigenvalue weighted by Gasteiger charge is -2.30. The Labute approximate surface area is 115 Å². The molecule has 18 heavy (non-hydrogen) atoms. The van der Waals surface area contributed by atoms with Gasteiger partial charge in [0.05, 0.1) is 5.02 Å². The van der Waals surface area contributed by atoms with Crippen LogP contribution in [0.5, 0.6) is 0 Å². The van der Waals surface area contributed by atoms with E-state index in [1.54, 1.807) is 12.1 Å². The molecular formula is C11H8BrClF3NO. The Balaban J connectivity index is 2.27. The van der Waals surface area contributed by atoms with E-state index in [9.17, 15) is 18.0 Å². The Morgan fingerprint density at radius 2 is 2.06 bits per heavy atom. The number of carbonyl (C=O) groups excluding carboxylic acids is 1. The topological polar surface area (TPSA) is 20.3 Å². The predicted octanol–water partition coefficient (Wildman–Crippen LogP) is 3.55. The molecule has 0 fully saturated rings. The molecule has 0 spiro atoms. The van der Waals surface area contributed by atoms with Crippen molar-refractivity contribution in [3.8, 4) is 0 Å². The number of nitrogens with zero attached hydrogens (tertiary/aromatic N) is 1. The first kappa shape index (κ1) is 13.7. The highest BCUT2D eigenvalue weighted by Crippen LogP contribution is 2.33. The summed E-state index contributed by atoms with van der Waals surface area (Å²) in [6.07, 6.45) is -4.49. The van der Waals surface area contributed by atoms with Crippen LogP contribution >= 0.6 is 27.5 Å². The molecule has 2 nitrogen and oxygen atoms in total. The fourth-order valence-corrected chi connectivity index (χ4v) is 2.59. The summed E-state index contributed by atoms with van der Waals surface area (Å²) in [7, 11) is 0. The minimum absolute atomic E-state index is 0.0293. The summed E-state index contributed by atoms with van der Waals surface area (Å²) in [5, 5.41) is 0.506. The molecule has 0 bridgehead atoms. The summed E-state index contributed by atoms with van der Waals surface area (Å²) >= 11 is 9.31. The average molecular weight is 343 g/mol. The maximum Gasteiger partial charge on any atom is 0.471 e. The van der Waals surface area contributed by atoms with Crippen molar-refractivity contribution in [3.63, 3.8) is 0 Å². The van der Waals surface area contributed by atoms with E-state index < -0.39 is 12.1 Å². The monoisotopic (exact) mass is 341 g/mol. The zero-order valence-electron chi connectivity index (χ0n) is 9.02. The molecule has 0 saturated carbocycles. The van der Waals surface area contributed by atoms with Crippen LogP contribution in [-0.2, 0) is 17.8 Å². The van der Waals surface area contributed by atoms with Crippen molar-refractivity contribution in [3.05, 3.63) is 32.8 Å². The number of hydrogen-bond donors (Lipinski definition) is 0. The summed E-state index contributed by atoms with van der Waals surface area (Å²) in [5.74, 6) is -1.80. The average Bonchev–Trinajstić information content (AvgIpc) is 2.31. The van der Waals surface area contributed by atoms with Crippen molar-refractivity contribution >= 4 is 33.4 Å². The van der Waals surface area contributed by atoms with Crippen molar-refractivity contribution < 1.29 is 18.0 Å². The van der Waals surface area contributed by atoms with Crippen LogP contribution in [0, 0.1) is 0 Å². The molecule has 1 aliphatic heterocycles. The zero-order valence-corrected chi connectivity index (χ0v) is 11.4. The molecule has 0 unspecified atom stereocenters. The second-order valence-electron chi connectivity index (χ2n) is 3.97. The van der Waals surface area contributed by atoms with Crippen LogP contribution in [0.15, 0.2) is 16.6 Å². The van der Waals surface area contributed by atoms with E-state index in [1.807, 2.05) is 0 Å². The third kappa shape index (κ3) is 2.49. The predicted molar refractivity (Wildman–Crippen MR) is 64.3 cm³/mol. The van der Waals surface area contributed by atoms with Gasteiger partial charge in [-0.05, 0) is 39.5 Å². The van der Waals surface area contributed by atoms with E-state index in [2.05, 4.69) is 15.9 Å². The summed E-state index contributed by atoms with van der Waals surface area (Å²) in [4.78, 5) is 11.9. The number of benzene rings is 1. The van der Waals surface area contributed by atoms with Gasteiger partial charge in [-0.15, -0.1) is 0 Å². The number of hydrogen-bond acceptors (Lipinski definition) is 1. The number of amides is 1. The molecule has 0 radical (unpaired) electrons. The largest absolute Gasteiger partial charge is 0.471 e. The molecule has 0 saturated heterocycles. The smallest absolute Gasteiger partial charge is 0.330 e. The quantitative estimate of drug-likeness (QED) is 0.706. The van der Waals surface area contributed by atoms with Gasteiger partial charge in [0.1, 0.15) is 0 Å². The Morgan fingerprint density at radius 3 is 2.67 bits per heavy atom. The van der Waals surface area contributed by atoms with Crippen LogP contribution in [0.25, 0.3) is 0 Å². The van der Waals surface area contributed by atoms with Gasteiger partial charge in [-0.3, -0.25) is 4.79 Å². The maximum absolute atomic E-state index is 12.3. The molecule has 1 aromatic rings. The van der Waals surface area contributed by atoms with E-state index in [1.165, 1.54) is 0 Å². The summed E-state index contributed by atoms with van der Waals surface area (Å²) < 4.78 is 37.7. The molecule has 2 rings (SSSR count). The van der Waals surface area contributed by atoms with Gasteiger partial charge in [0.2, 0.25) is 0 Å². The highest BCUT2D eigenvalue weighted by Gasteiger charge is 2.43. The molecule has 1 amide bonds. The molecule has 0 atom stereocenters. The van der Waals surface area contributed by atoms with Gasteiger partial charge in [0.15, 0.2) is 0 Å². The minimum atomic E-state index is -4.82. The number of alkyl halides is 3. The first-order valence-corrected chi connectivity index (χ1v) is 6.29. The van der Waals surface area contributed by atoms with Gasteiger partial charge in [0, 0.05) is 17.6 Å². The number of carbonyl (C=O) groups is 1. The first-order valence-electron chi connectivity index (χ1n) is 5.12. The maximum atomic E-state index is 12.3. The summed E-state index contributed by atoms with van der Waals surface area (Å²) in [6.45, 7) is -0.0256. The Hall–Kier alpha value is -0.750. The van der Waals surface area contributed by atoms with Crippen molar-refractivity contribution in [1.82, 2.24) is 4.90 Å². The summed E-state index contributed by atoms with van der Waals surface area (Å²) in [6, 6.07) is 3.35. The molecule has 1 heterocycles. The second kappa shape index (κ2) is 4.74. The highest BCUT2D eigenvalue weighted by molar-refractivity contribution is 9.10.